The minimum Gasteiger partial charge on any atom is -0.497 e. The van der Waals surface area contributed by atoms with Gasteiger partial charge in [0.1, 0.15) is 24.1 Å². The Labute approximate surface area is 274 Å². The molecule has 11 nitrogen and oxygen atoms in total. The van der Waals surface area contributed by atoms with Crippen LogP contribution in [-0.4, -0.2) is 72.7 Å². The number of nitrogens with zero attached hydrogens (tertiary/aromatic N) is 2. The van der Waals surface area contributed by atoms with Crippen molar-refractivity contribution in [2.24, 2.45) is 0 Å². The lowest BCUT2D eigenvalue weighted by molar-refractivity contribution is -0.139. The van der Waals surface area contributed by atoms with Crippen LogP contribution in [0, 0.1) is 0 Å². The highest BCUT2D eigenvalue weighted by molar-refractivity contribution is 7.92. The summed E-state index contributed by atoms with van der Waals surface area (Å²) < 4.78 is 51.1. The van der Waals surface area contributed by atoms with Crippen LogP contribution in [0.15, 0.2) is 59.5 Å². The van der Waals surface area contributed by atoms with Crippen molar-refractivity contribution in [3.63, 3.8) is 0 Å². The summed E-state index contributed by atoms with van der Waals surface area (Å²) in [6.45, 7) is 3.05. The normalized spacial score (nSPS) is 11.7. The molecule has 0 unspecified atom stereocenters. The van der Waals surface area contributed by atoms with Gasteiger partial charge in [-0.15, -0.1) is 0 Å². The molecule has 3 aromatic rings. The second-order valence-electron chi connectivity index (χ2n) is 9.79. The van der Waals surface area contributed by atoms with Gasteiger partial charge in [-0.2, -0.15) is 0 Å². The van der Waals surface area contributed by atoms with Crippen molar-refractivity contribution >= 4 is 50.7 Å². The van der Waals surface area contributed by atoms with Crippen LogP contribution in [0.25, 0.3) is 0 Å². The minimum atomic E-state index is -4.47. The van der Waals surface area contributed by atoms with Crippen LogP contribution in [0.1, 0.15) is 25.8 Å². The van der Waals surface area contributed by atoms with E-state index in [9.17, 15) is 18.0 Å². The van der Waals surface area contributed by atoms with Gasteiger partial charge in [-0.25, -0.2) is 8.42 Å². The van der Waals surface area contributed by atoms with E-state index in [2.05, 4.69) is 5.32 Å². The Morgan fingerprint density at radius 2 is 1.53 bits per heavy atom. The number of benzene rings is 3. The van der Waals surface area contributed by atoms with Gasteiger partial charge in [0.15, 0.2) is 11.5 Å². The highest BCUT2D eigenvalue weighted by Gasteiger charge is 2.35. The summed E-state index contributed by atoms with van der Waals surface area (Å²) in [6.07, 6.45) is 0.683. The summed E-state index contributed by atoms with van der Waals surface area (Å²) in [5.41, 5.74) is 0.547. The number of ether oxygens (including phenoxy) is 4. The van der Waals surface area contributed by atoms with E-state index in [1.807, 2.05) is 6.92 Å². The quantitative estimate of drug-likeness (QED) is 0.233. The number of carbonyl (C=O) groups is 2. The van der Waals surface area contributed by atoms with Gasteiger partial charge in [0, 0.05) is 35.3 Å². The maximum atomic E-state index is 14.4. The van der Waals surface area contributed by atoms with E-state index in [1.54, 1.807) is 25.1 Å². The van der Waals surface area contributed by atoms with E-state index in [0.717, 1.165) is 4.31 Å². The fraction of sp³-hybridized carbons (Fsp3) is 0.355. The molecule has 1 atom stereocenters. The highest BCUT2D eigenvalue weighted by atomic mass is 35.5. The molecule has 0 fully saturated rings. The zero-order chi connectivity index (χ0) is 33.3. The van der Waals surface area contributed by atoms with E-state index >= 15 is 0 Å². The van der Waals surface area contributed by atoms with Crippen LogP contribution in [0.5, 0.6) is 23.0 Å². The van der Waals surface area contributed by atoms with Crippen molar-refractivity contribution in [3.05, 3.63) is 70.2 Å². The fourth-order valence-corrected chi connectivity index (χ4v) is 6.32. The van der Waals surface area contributed by atoms with Crippen LogP contribution in [0.2, 0.25) is 10.0 Å². The van der Waals surface area contributed by atoms with Gasteiger partial charge in [0.25, 0.3) is 10.0 Å². The number of rotatable bonds is 15. The predicted octanol–water partition coefficient (Wildman–Crippen LogP) is 5.17. The first-order valence-electron chi connectivity index (χ1n) is 13.9. The molecule has 1 N–H and O–H groups in total. The van der Waals surface area contributed by atoms with Crippen LogP contribution < -0.4 is 28.6 Å². The van der Waals surface area contributed by atoms with Gasteiger partial charge >= 0.3 is 0 Å². The number of sulfonamides is 1. The Morgan fingerprint density at radius 1 is 0.867 bits per heavy atom. The molecule has 244 valence electrons. The molecule has 0 spiro atoms. The molecule has 0 aliphatic rings. The Balaban J connectivity index is 2.18. The number of halogens is 2. The Hall–Kier alpha value is -3.87. The number of anilines is 1. The first kappa shape index (κ1) is 35.6. The largest absolute Gasteiger partial charge is 0.497 e. The molecule has 0 bridgehead atoms. The van der Waals surface area contributed by atoms with Gasteiger partial charge < -0.3 is 29.2 Å². The number of hydrogen-bond donors (Lipinski definition) is 1. The molecule has 0 saturated carbocycles. The maximum absolute atomic E-state index is 14.4. The van der Waals surface area contributed by atoms with Gasteiger partial charge in [0.05, 0.1) is 39.0 Å². The molecular formula is C31H37Cl2N3O8S. The molecule has 3 rings (SSSR count). The third-order valence-corrected chi connectivity index (χ3v) is 9.29. The van der Waals surface area contributed by atoms with Crippen LogP contribution in [0.3, 0.4) is 0 Å². The second-order valence-corrected chi connectivity index (χ2v) is 12.5. The van der Waals surface area contributed by atoms with Gasteiger partial charge in [-0.3, -0.25) is 13.9 Å². The maximum Gasteiger partial charge on any atom is 0.265 e. The molecule has 0 saturated heterocycles. The van der Waals surface area contributed by atoms with E-state index in [-0.39, 0.29) is 33.6 Å². The molecule has 0 radical (unpaired) electrons. The lowest BCUT2D eigenvalue weighted by Gasteiger charge is -2.32. The van der Waals surface area contributed by atoms with E-state index in [0.29, 0.717) is 35.1 Å². The lowest BCUT2D eigenvalue weighted by atomic mass is 10.1. The van der Waals surface area contributed by atoms with E-state index in [4.69, 9.17) is 42.1 Å². The number of nitrogens with one attached hydrogen (secondary N) is 1. The molecule has 3 aromatic carbocycles. The summed E-state index contributed by atoms with van der Waals surface area (Å²) >= 11 is 12.5. The smallest absolute Gasteiger partial charge is 0.265 e. The average Bonchev–Trinajstić information content (AvgIpc) is 3.04. The number of amides is 2. The minimum absolute atomic E-state index is 0.0348. The standard InChI is InChI=1S/C31H37Cl2N3O8S/c1-7-14-34-31(38)20(2)35(18-21-8-9-22(32)15-25(21)33)30(37)19-36(26-16-23(41-3)10-12-27(26)42-4)45(39,40)24-11-13-28(43-5)29(17-24)44-6/h8-13,15-17,20H,7,14,18-19H2,1-6H3,(H,34,38)/t20-/m0/s1. The molecular weight excluding hydrogens is 645 g/mol. The number of methoxy groups -OCH3 is 4. The molecule has 0 heterocycles. The summed E-state index contributed by atoms with van der Waals surface area (Å²) in [4.78, 5) is 28.4. The van der Waals surface area contributed by atoms with Gasteiger partial charge in [-0.05, 0) is 55.3 Å². The Kier molecular flexibility index (Phi) is 12.6. The topological polar surface area (TPSA) is 124 Å². The van der Waals surface area contributed by atoms with Crippen molar-refractivity contribution in [3.8, 4) is 23.0 Å². The summed E-state index contributed by atoms with van der Waals surface area (Å²) in [5.74, 6) is -0.132. The van der Waals surface area contributed by atoms with Crippen LogP contribution in [0.4, 0.5) is 5.69 Å². The fourth-order valence-electron chi connectivity index (χ4n) is 4.42. The van der Waals surface area contributed by atoms with Crippen molar-refractivity contribution < 1.29 is 37.0 Å². The number of carbonyl (C=O) groups excluding carboxylic acids is 2. The van der Waals surface area contributed by atoms with Crippen LogP contribution in [-0.2, 0) is 26.2 Å². The highest BCUT2D eigenvalue weighted by Crippen LogP contribution is 2.38. The van der Waals surface area contributed by atoms with Crippen molar-refractivity contribution in [2.75, 3.05) is 45.8 Å². The zero-order valence-corrected chi connectivity index (χ0v) is 28.3. The van der Waals surface area contributed by atoms with E-state index in [1.165, 1.54) is 69.7 Å². The Bertz CT molecular complexity index is 1620. The molecule has 0 aliphatic carbocycles. The molecule has 0 aromatic heterocycles. The first-order valence-corrected chi connectivity index (χ1v) is 16.1. The lowest BCUT2D eigenvalue weighted by Crippen LogP contribution is -2.51. The summed E-state index contributed by atoms with van der Waals surface area (Å²) in [7, 11) is 1.14. The van der Waals surface area contributed by atoms with Crippen LogP contribution >= 0.6 is 23.2 Å². The van der Waals surface area contributed by atoms with Gasteiger partial charge in [0.2, 0.25) is 11.8 Å². The summed E-state index contributed by atoms with van der Waals surface area (Å²) in [5, 5.41) is 3.47. The molecule has 14 heteroatoms. The second kappa shape index (κ2) is 15.9. The third-order valence-electron chi connectivity index (χ3n) is 6.95. The SMILES string of the molecule is CCCNC(=O)[C@H](C)N(Cc1ccc(Cl)cc1Cl)C(=O)CN(c1cc(OC)ccc1OC)S(=O)(=O)c1ccc(OC)c(OC)c1. The Morgan fingerprint density at radius 3 is 2.13 bits per heavy atom. The summed E-state index contributed by atoms with van der Waals surface area (Å²) in [6, 6.07) is 12.4. The molecule has 0 aliphatic heterocycles. The number of hydrogen-bond acceptors (Lipinski definition) is 8. The first-order chi connectivity index (χ1) is 21.4. The zero-order valence-electron chi connectivity index (χ0n) is 25.9. The monoisotopic (exact) mass is 681 g/mol. The van der Waals surface area contributed by atoms with Crippen molar-refractivity contribution in [1.29, 1.82) is 0 Å². The van der Waals surface area contributed by atoms with E-state index < -0.39 is 34.4 Å². The third kappa shape index (κ3) is 8.44. The predicted molar refractivity (Wildman–Crippen MR) is 173 cm³/mol. The van der Waals surface area contributed by atoms with Gasteiger partial charge in [-0.1, -0.05) is 36.2 Å². The van der Waals surface area contributed by atoms with Crippen molar-refractivity contribution in [2.45, 2.75) is 37.8 Å². The molecule has 45 heavy (non-hydrogen) atoms. The average molecular weight is 683 g/mol. The van der Waals surface area contributed by atoms with Crippen molar-refractivity contribution in [1.82, 2.24) is 10.2 Å². The molecule has 2 amide bonds.